The van der Waals surface area contributed by atoms with Crippen LogP contribution in [0.1, 0.15) is 26.7 Å². The highest BCUT2D eigenvalue weighted by molar-refractivity contribution is 6.18. The predicted molar refractivity (Wildman–Crippen MR) is 57.6 cm³/mol. The van der Waals surface area contributed by atoms with Gasteiger partial charge in [0.15, 0.2) is 0 Å². The third-order valence-electron chi connectivity index (χ3n) is 3.92. The fraction of sp³-hybridized carbons (Fsp3) is 0.909. The van der Waals surface area contributed by atoms with Gasteiger partial charge < -0.3 is 4.90 Å². The van der Waals surface area contributed by atoms with E-state index in [1.54, 1.807) is 11.8 Å². The van der Waals surface area contributed by atoms with Crippen molar-refractivity contribution in [3.8, 4) is 0 Å². The lowest BCUT2D eigenvalue weighted by Gasteiger charge is -2.27. The summed E-state index contributed by atoms with van der Waals surface area (Å²) in [5, 5.41) is 0. The van der Waals surface area contributed by atoms with E-state index in [1.165, 1.54) is 0 Å². The average molecular weight is 234 g/mol. The van der Waals surface area contributed by atoms with Gasteiger partial charge >= 0.3 is 0 Å². The number of carbonyl (C=O) groups is 1. The normalized spacial score (nSPS) is 44.5. The molecule has 1 saturated carbocycles. The molecule has 1 heterocycles. The van der Waals surface area contributed by atoms with Crippen molar-refractivity contribution in [2.45, 2.75) is 38.9 Å². The van der Waals surface area contributed by atoms with Gasteiger partial charge in [-0.2, -0.15) is 0 Å². The van der Waals surface area contributed by atoms with Gasteiger partial charge in [0.25, 0.3) is 0 Å². The van der Waals surface area contributed by atoms with E-state index in [1.807, 2.05) is 0 Å². The van der Waals surface area contributed by atoms with Crippen LogP contribution in [-0.2, 0) is 4.79 Å². The molecule has 15 heavy (non-hydrogen) atoms. The molecule has 1 amide bonds. The van der Waals surface area contributed by atoms with Crippen LogP contribution < -0.4 is 0 Å². The summed E-state index contributed by atoms with van der Waals surface area (Å²) in [6.45, 7) is 4.55. The van der Waals surface area contributed by atoms with Crippen molar-refractivity contribution in [1.29, 1.82) is 0 Å². The molecule has 86 valence electrons. The summed E-state index contributed by atoms with van der Waals surface area (Å²) in [5.74, 6) is 0.858. The highest BCUT2D eigenvalue weighted by Crippen LogP contribution is 2.50. The van der Waals surface area contributed by atoms with Gasteiger partial charge in [-0.05, 0) is 25.7 Å². The number of rotatable bonds is 2. The molecule has 4 heteroatoms. The van der Waals surface area contributed by atoms with Crippen molar-refractivity contribution >= 4 is 17.5 Å². The van der Waals surface area contributed by atoms with Gasteiger partial charge in [0, 0.05) is 18.5 Å². The molecule has 1 saturated heterocycles. The van der Waals surface area contributed by atoms with Gasteiger partial charge in [-0.1, -0.05) is 6.92 Å². The first-order chi connectivity index (χ1) is 7.00. The summed E-state index contributed by atoms with van der Waals surface area (Å²) in [5.41, 5.74) is -0.742. The van der Waals surface area contributed by atoms with Crippen molar-refractivity contribution in [1.82, 2.24) is 4.90 Å². The lowest BCUT2D eigenvalue weighted by atomic mass is 10.0. The Morgan fingerprint density at radius 3 is 2.73 bits per heavy atom. The van der Waals surface area contributed by atoms with Crippen LogP contribution in [0.2, 0.25) is 0 Å². The zero-order valence-electron chi connectivity index (χ0n) is 9.17. The molecule has 0 aromatic rings. The molecule has 0 bridgehead atoms. The standard InChI is InChI=1S/C11H17ClFNO/c1-7-3-4-14(8(7)6-12)10(15)11(2)5-9(11)13/h7-9H,3-6H2,1-2H3. The maximum Gasteiger partial charge on any atom is 0.231 e. The van der Waals surface area contributed by atoms with E-state index in [4.69, 9.17) is 11.6 Å². The quantitative estimate of drug-likeness (QED) is 0.670. The van der Waals surface area contributed by atoms with Gasteiger partial charge in [-0.15, -0.1) is 11.6 Å². The van der Waals surface area contributed by atoms with Crippen molar-refractivity contribution in [2.24, 2.45) is 11.3 Å². The summed E-state index contributed by atoms with van der Waals surface area (Å²) < 4.78 is 13.1. The molecule has 1 aliphatic carbocycles. The lowest BCUT2D eigenvalue weighted by molar-refractivity contribution is -0.137. The van der Waals surface area contributed by atoms with Crippen molar-refractivity contribution < 1.29 is 9.18 Å². The van der Waals surface area contributed by atoms with Crippen LogP contribution in [0.5, 0.6) is 0 Å². The number of hydrogen-bond acceptors (Lipinski definition) is 1. The second kappa shape index (κ2) is 3.62. The number of carbonyl (C=O) groups excluding carboxylic acids is 1. The van der Waals surface area contributed by atoms with Crippen LogP contribution in [-0.4, -0.2) is 35.4 Å². The van der Waals surface area contributed by atoms with Crippen LogP contribution in [0, 0.1) is 11.3 Å². The number of amides is 1. The van der Waals surface area contributed by atoms with Crippen molar-refractivity contribution in [3.63, 3.8) is 0 Å². The molecule has 2 nitrogen and oxygen atoms in total. The molecule has 1 aliphatic heterocycles. The molecule has 2 rings (SSSR count). The number of nitrogens with zero attached hydrogens (tertiary/aromatic N) is 1. The van der Waals surface area contributed by atoms with Crippen LogP contribution in [0.4, 0.5) is 4.39 Å². The molecule has 4 atom stereocenters. The minimum atomic E-state index is -0.947. The van der Waals surface area contributed by atoms with Crippen molar-refractivity contribution in [3.05, 3.63) is 0 Å². The molecule has 0 radical (unpaired) electrons. The second-order valence-electron chi connectivity index (χ2n) is 5.08. The molecule has 2 fully saturated rings. The molecular formula is C11H17ClFNO. The zero-order chi connectivity index (χ0) is 11.2. The summed E-state index contributed by atoms with van der Waals surface area (Å²) >= 11 is 5.86. The maximum atomic E-state index is 13.1. The fourth-order valence-corrected chi connectivity index (χ4v) is 2.83. The number of alkyl halides is 2. The number of halogens is 2. The van der Waals surface area contributed by atoms with E-state index < -0.39 is 11.6 Å². The Labute approximate surface area is 94.8 Å². The third-order valence-corrected chi connectivity index (χ3v) is 4.24. The van der Waals surface area contributed by atoms with E-state index in [0.29, 0.717) is 18.2 Å². The first-order valence-electron chi connectivity index (χ1n) is 5.52. The highest BCUT2D eigenvalue weighted by atomic mass is 35.5. The molecule has 4 unspecified atom stereocenters. The molecule has 0 aromatic heterocycles. The monoisotopic (exact) mass is 233 g/mol. The van der Waals surface area contributed by atoms with E-state index in [-0.39, 0.29) is 11.9 Å². The minimum absolute atomic E-state index is 0.0370. The Hall–Kier alpha value is -0.310. The van der Waals surface area contributed by atoms with Gasteiger partial charge in [0.2, 0.25) is 5.91 Å². The molecule has 2 aliphatic rings. The van der Waals surface area contributed by atoms with Gasteiger partial charge in [0.05, 0.1) is 5.41 Å². The van der Waals surface area contributed by atoms with Crippen molar-refractivity contribution in [2.75, 3.05) is 12.4 Å². The Balaban J connectivity index is 2.08. The Bertz CT molecular complexity index is 286. The van der Waals surface area contributed by atoms with Gasteiger partial charge in [0.1, 0.15) is 6.17 Å². The minimum Gasteiger partial charge on any atom is -0.338 e. The average Bonchev–Trinajstić information content (AvgIpc) is 2.66. The van der Waals surface area contributed by atoms with Crippen LogP contribution >= 0.6 is 11.6 Å². The fourth-order valence-electron chi connectivity index (χ4n) is 2.36. The number of hydrogen-bond donors (Lipinski definition) is 0. The van der Waals surface area contributed by atoms with Crippen LogP contribution in [0.25, 0.3) is 0 Å². The Morgan fingerprint density at radius 2 is 2.27 bits per heavy atom. The molecule has 0 N–H and O–H groups in total. The highest BCUT2D eigenvalue weighted by Gasteiger charge is 2.59. The second-order valence-corrected chi connectivity index (χ2v) is 5.38. The lowest BCUT2D eigenvalue weighted by Crippen LogP contribution is -2.42. The summed E-state index contributed by atoms with van der Waals surface area (Å²) in [7, 11) is 0. The molecular weight excluding hydrogens is 217 g/mol. The topological polar surface area (TPSA) is 20.3 Å². The van der Waals surface area contributed by atoms with E-state index in [0.717, 1.165) is 13.0 Å². The summed E-state index contributed by atoms with van der Waals surface area (Å²) in [4.78, 5) is 13.9. The van der Waals surface area contributed by atoms with E-state index >= 15 is 0 Å². The largest absolute Gasteiger partial charge is 0.338 e. The van der Waals surface area contributed by atoms with E-state index in [9.17, 15) is 9.18 Å². The van der Waals surface area contributed by atoms with Gasteiger partial charge in [-0.25, -0.2) is 4.39 Å². The Kier molecular flexibility index (Phi) is 2.70. The third kappa shape index (κ3) is 1.65. The van der Waals surface area contributed by atoms with Gasteiger partial charge in [-0.3, -0.25) is 4.79 Å². The SMILES string of the molecule is CC1CCN(C(=O)C2(C)CC2F)C1CCl. The summed E-state index contributed by atoms with van der Waals surface area (Å²) in [6, 6.07) is 0.101. The molecule has 0 aromatic carbocycles. The Morgan fingerprint density at radius 1 is 1.67 bits per heavy atom. The number of likely N-dealkylation sites (tertiary alicyclic amines) is 1. The molecule has 0 spiro atoms. The van der Waals surface area contributed by atoms with Crippen LogP contribution in [0.3, 0.4) is 0 Å². The maximum absolute atomic E-state index is 13.1. The smallest absolute Gasteiger partial charge is 0.231 e. The summed E-state index contributed by atoms with van der Waals surface area (Å²) in [6.07, 6.45) is 0.416. The first-order valence-corrected chi connectivity index (χ1v) is 6.05. The zero-order valence-corrected chi connectivity index (χ0v) is 9.93. The predicted octanol–water partition coefficient (Wildman–Crippen LogP) is 2.21. The van der Waals surface area contributed by atoms with E-state index in [2.05, 4.69) is 6.92 Å². The first kappa shape index (κ1) is 11.2. The van der Waals surface area contributed by atoms with Crippen LogP contribution in [0.15, 0.2) is 0 Å².